The van der Waals surface area contributed by atoms with Crippen molar-refractivity contribution in [3.05, 3.63) is 0 Å². The van der Waals surface area contributed by atoms with Gasteiger partial charge in [-0.15, -0.1) is 0 Å². The Labute approximate surface area is 122 Å². The van der Waals surface area contributed by atoms with Gasteiger partial charge in [0.1, 0.15) is 0 Å². The minimum absolute atomic E-state index is 0.210. The smallest absolute Gasteiger partial charge is 0.0243 e. The van der Waals surface area contributed by atoms with E-state index < -0.39 is 0 Å². The molecule has 0 aliphatic rings. The summed E-state index contributed by atoms with van der Waals surface area (Å²) >= 11 is 0. The molecule has 0 amide bonds. The molecule has 0 saturated carbocycles. The fourth-order valence-electron chi connectivity index (χ4n) is 2.57. The van der Waals surface area contributed by atoms with Gasteiger partial charge in [-0.2, -0.15) is 0 Å². The summed E-state index contributed by atoms with van der Waals surface area (Å²) in [7, 11) is 0. The second kappa shape index (κ2) is 8.97. The topological polar surface area (TPSA) is 15.3 Å². The first kappa shape index (κ1) is 18.9. The van der Waals surface area contributed by atoms with Crippen molar-refractivity contribution in [1.29, 1.82) is 0 Å². The highest BCUT2D eigenvalue weighted by Gasteiger charge is 2.24. The maximum atomic E-state index is 3.69. The number of hydrogen-bond acceptors (Lipinski definition) is 2. The Balaban J connectivity index is 4.62. The van der Waals surface area contributed by atoms with E-state index in [9.17, 15) is 0 Å². The van der Waals surface area contributed by atoms with Gasteiger partial charge in [-0.1, -0.05) is 47.5 Å². The average molecular weight is 271 g/mol. The van der Waals surface area contributed by atoms with E-state index in [0.717, 1.165) is 19.0 Å². The van der Waals surface area contributed by atoms with Crippen LogP contribution in [-0.2, 0) is 0 Å². The van der Waals surface area contributed by atoms with E-state index in [1.54, 1.807) is 0 Å². The van der Waals surface area contributed by atoms with Crippen LogP contribution >= 0.6 is 0 Å². The third kappa shape index (κ3) is 7.94. The summed E-state index contributed by atoms with van der Waals surface area (Å²) in [6.45, 7) is 21.9. The Kier molecular flexibility index (Phi) is 8.93. The summed E-state index contributed by atoms with van der Waals surface area (Å²) in [5, 5.41) is 3.69. The van der Waals surface area contributed by atoms with E-state index in [1.807, 2.05) is 0 Å². The predicted molar refractivity (Wildman–Crippen MR) is 87.7 cm³/mol. The van der Waals surface area contributed by atoms with E-state index in [4.69, 9.17) is 0 Å². The van der Waals surface area contributed by atoms with Gasteiger partial charge < -0.3 is 5.32 Å². The van der Waals surface area contributed by atoms with Crippen molar-refractivity contribution in [2.24, 2.45) is 11.8 Å². The van der Waals surface area contributed by atoms with Crippen LogP contribution in [0, 0.1) is 11.8 Å². The summed E-state index contributed by atoms with van der Waals surface area (Å²) in [4.78, 5) is 2.68. The maximum absolute atomic E-state index is 3.69. The Morgan fingerprint density at radius 2 is 1.53 bits per heavy atom. The summed E-state index contributed by atoms with van der Waals surface area (Å²) in [6, 6.07) is 0.643. The van der Waals surface area contributed by atoms with Crippen LogP contribution in [0.4, 0.5) is 0 Å². The van der Waals surface area contributed by atoms with Crippen molar-refractivity contribution in [3.63, 3.8) is 0 Å². The fraction of sp³-hybridized carbons (Fsp3) is 1.00. The molecule has 0 fully saturated rings. The van der Waals surface area contributed by atoms with Crippen LogP contribution in [0.25, 0.3) is 0 Å². The lowest BCUT2D eigenvalue weighted by molar-refractivity contribution is 0.126. The molecule has 0 spiro atoms. The monoisotopic (exact) mass is 270 g/mol. The number of hydrogen-bond donors (Lipinski definition) is 1. The molecule has 0 aromatic heterocycles. The molecule has 0 rings (SSSR count). The Bertz CT molecular complexity index is 214. The van der Waals surface area contributed by atoms with Crippen molar-refractivity contribution < 1.29 is 0 Å². The molecule has 2 nitrogen and oxygen atoms in total. The predicted octanol–water partition coefficient (Wildman–Crippen LogP) is 4.16. The molecule has 1 atom stereocenters. The number of nitrogens with one attached hydrogen (secondary N) is 1. The fourth-order valence-corrected chi connectivity index (χ4v) is 2.57. The van der Waals surface area contributed by atoms with Gasteiger partial charge in [-0.25, -0.2) is 0 Å². The van der Waals surface area contributed by atoms with Crippen molar-refractivity contribution >= 4 is 0 Å². The molecule has 0 bridgehead atoms. The molecule has 0 saturated heterocycles. The second-order valence-corrected chi connectivity index (χ2v) is 7.21. The van der Waals surface area contributed by atoms with Gasteiger partial charge in [0, 0.05) is 24.7 Å². The molecule has 1 N–H and O–H groups in total. The van der Waals surface area contributed by atoms with E-state index in [0.29, 0.717) is 12.0 Å². The molecule has 0 aliphatic carbocycles. The molecule has 0 aromatic rings. The largest absolute Gasteiger partial charge is 0.311 e. The zero-order valence-corrected chi connectivity index (χ0v) is 14.7. The van der Waals surface area contributed by atoms with Crippen LogP contribution in [0.15, 0.2) is 0 Å². The van der Waals surface area contributed by atoms with Crippen LogP contribution in [0.5, 0.6) is 0 Å². The lowest BCUT2D eigenvalue weighted by Gasteiger charge is -2.37. The Morgan fingerprint density at radius 3 is 1.84 bits per heavy atom. The van der Waals surface area contributed by atoms with Gasteiger partial charge in [0.15, 0.2) is 0 Å². The van der Waals surface area contributed by atoms with Gasteiger partial charge in [-0.3, -0.25) is 4.90 Å². The maximum Gasteiger partial charge on any atom is 0.0243 e. The number of likely N-dealkylation sites (N-methyl/N-ethyl adjacent to an activating group) is 1. The van der Waals surface area contributed by atoms with Crippen LogP contribution < -0.4 is 5.32 Å². The minimum Gasteiger partial charge on any atom is -0.311 e. The Morgan fingerprint density at radius 1 is 1.00 bits per heavy atom. The molecule has 116 valence electrons. The molecule has 2 heteroatoms. The highest BCUT2D eigenvalue weighted by molar-refractivity contribution is 4.82. The quantitative estimate of drug-likeness (QED) is 0.677. The molecule has 1 unspecified atom stereocenters. The average Bonchev–Trinajstić information content (AvgIpc) is 2.31. The van der Waals surface area contributed by atoms with Gasteiger partial charge in [0.25, 0.3) is 0 Å². The molecular formula is C17H38N2. The van der Waals surface area contributed by atoms with Gasteiger partial charge in [0.05, 0.1) is 0 Å². The third-order valence-corrected chi connectivity index (χ3v) is 4.13. The number of nitrogens with zero attached hydrogens (tertiary/aromatic N) is 1. The van der Waals surface area contributed by atoms with E-state index in [-0.39, 0.29) is 5.54 Å². The van der Waals surface area contributed by atoms with Crippen molar-refractivity contribution in [3.8, 4) is 0 Å². The van der Waals surface area contributed by atoms with Gasteiger partial charge in [0.2, 0.25) is 0 Å². The summed E-state index contributed by atoms with van der Waals surface area (Å²) in [5.74, 6) is 1.54. The highest BCUT2D eigenvalue weighted by atomic mass is 15.2. The third-order valence-electron chi connectivity index (χ3n) is 4.13. The standard InChI is InChI=1S/C17H38N2/c1-9-15(10-2)13-19(11-3)16(14(4)5)12-18-17(6,7)8/h14-16,18H,9-13H2,1-8H3. The van der Waals surface area contributed by atoms with Crippen molar-refractivity contribution in [2.75, 3.05) is 19.6 Å². The Hall–Kier alpha value is -0.0800. The lowest BCUT2D eigenvalue weighted by atomic mass is 9.97. The van der Waals surface area contributed by atoms with E-state index in [1.165, 1.54) is 19.4 Å². The second-order valence-electron chi connectivity index (χ2n) is 7.21. The van der Waals surface area contributed by atoms with Crippen molar-refractivity contribution in [1.82, 2.24) is 10.2 Å². The first-order valence-electron chi connectivity index (χ1n) is 8.24. The molecule has 0 heterocycles. The van der Waals surface area contributed by atoms with E-state index in [2.05, 4.69) is 65.6 Å². The zero-order valence-electron chi connectivity index (χ0n) is 14.7. The molecule has 0 aromatic carbocycles. The van der Waals surface area contributed by atoms with Crippen LogP contribution in [-0.4, -0.2) is 36.1 Å². The first-order chi connectivity index (χ1) is 8.75. The first-order valence-corrected chi connectivity index (χ1v) is 8.24. The summed E-state index contributed by atoms with van der Waals surface area (Å²) < 4.78 is 0. The lowest BCUT2D eigenvalue weighted by Crippen LogP contribution is -2.51. The summed E-state index contributed by atoms with van der Waals surface area (Å²) in [5.41, 5.74) is 0.210. The SMILES string of the molecule is CCC(CC)CN(CC)C(CNC(C)(C)C)C(C)C. The molecular weight excluding hydrogens is 232 g/mol. The van der Waals surface area contributed by atoms with Crippen LogP contribution in [0.1, 0.15) is 68.2 Å². The van der Waals surface area contributed by atoms with Crippen molar-refractivity contribution in [2.45, 2.75) is 79.8 Å². The highest BCUT2D eigenvalue weighted by Crippen LogP contribution is 2.17. The summed E-state index contributed by atoms with van der Waals surface area (Å²) in [6.07, 6.45) is 2.59. The van der Waals surface area contributed by atoms with Crippen LogP contribution in [0.3, 0.4) is 0 Å². The van der Waals surface area contributed by atoms with Crippen LogP contribution in [0.2, 0.25) is 0 Å². The molecule has 19 heavy (non-hydrogen) atoms. The minimum atomic E-state index is 0.210. The zero-order chi connectivity index (χ0) is 15.1. The van der Waals surface area contributed by atoms with Gasteiger partial charge in [-0.05, 0) is 39.2 Å². The normalized spacial score (nSPS) is 14.7. The van der Waals surface area contributed by atoms with E-state index >= 15 is 0 Å². The molecule has 0 aliphatic heterocycles. The number of rotatable bonds is 9. The molecule has 0 radical (unpaired) electrons. The van der Waals surface area contributed by atoms with Gasteiger partial charge >= 0.3 is 0 Å².